The van der Waals surface area contributed by atoms with E-state index < -0.39 is 5.60 Å². The summed E-state index contributed by atoms with van der Waals surface area (Å²) in [6.07, 6.45) is 3.38. The van der Waals surface area contributed by atoms with Gasteiger partial charge in [-0.3, -0.25) is 9.80 Å². The first-order valence-electron chi connectivity index (χ1n) is 8.99. The summed E-state index contributed by atoms with van der Waals surface area (Å²) in [6, 6.07) is 8.65. The van der Waals surface area contributed by atoms with Gasteiger partial charge >= 0.3 is 0 Å². The molecule has 2 fully saturated rings. The number of nitrogens with zero attached hydrogens (tertiary/aromatic N) is 2. The average molecular weight is 318 g/mol. The molecule has 2 heterocycles. The molecule has 2 saturated heterocycles. The molecule has 2 aliphatic rings. The zero-order valence-corrected chi connectivity index (χ0v) is 14.5. The lowest BCUT2D eigenvalue weighted by Crippen LogP contribution is -2.60. The molecule has 1 N–H and O–H groups in total. The maximum Gasteiger partial charge on any atom is 0.119 e. The minimum atomic E-state index is -0.561. The van der Waals surface area contributed by atoms with Crippen LogP contribution in [0.2, 0.25) is 0 Å². The average Bonchev–Trinajstić information content (AvgIpc) is 3.04. The smallest absolute Gasteiger partial charge is 0.119 e. The maximum absolute atomic E-state index is 10.8. The molecule has 0 amide bonds. The van der Waals surface area contributed by atoms with E-state index in [1.54, 1.807) is 0 Å². The van der Waals surface area contributed by atoms with Crippen molar-refractivity contribution >= 4 is 0 Å². The molecule has 0 radical (unpaired) electrons. The van der Waals surface area contributed by atoms with Crippen LogP contribution in [-0.2, 0) is 6.54 Å². The van der Waals surface area contributed by atoms with Crippen LogP contribution in [0.3, 0.4) is 0 Å². The molecule has 4 heteroatoms. The number of likely N-dealkylation sites (tertiary alicyclic amines) is 2. The molecule has 0 aromatic heterocycles. The summed E-state index contributed by atoms with van der Waals surface area (Å²) < 4.78 is 5.60. The van der Waals surface area contributed by atoms with Crippen molar-refractivity contribution in [3.63, 3.8) is 0 Å². The van der Waals surface area contributed by atoms with Gasteiger partial charge in [-0.15, -0.1) is 0 Å². The van der Waals surface area contributed by atoms with Crippen LogP contribution in [0.4, 0.5) is 0 Å². The number of ether oxygens (including phenoxy) is 1. The Hall–Kier alpha value is -1.10. The predicted octanol–water partition coefficient (Wildman–Crippen LogP) is 2.51. The van der Waals surface area contributed by atoms with Crippen LogP contribution < -0.4 is 4.74 Å². The highest BCUT2D eigenvalue weighted by Crippen LogP contribution is 2.29. The van der Waals surface area contributed by atoms with Gasteiger partial charge in [0.25, 0.3) is 0 Å². The van der Waals surface area contributed by atoms with Gasteiger partial charge in [-0.2, -0.15) is 0 Å². The van der Waals surface area contributed by atoms with Crippen molar-refractivity contribution in [3.8, 4) is 5.75 Å². The van der Waals surface area contributed by atoms with E-state index in [0.717, 1.165) is 44.9 Å². The fraction of sp³-hybridized carbons (Fsp3) is 0.684. The van der Waals surface area contributed by atoms with E-state index in [4.69, 9.17) is 4.74 Å². The van der Waals surface area contributed by atoms with Crippen LogP contribution in [0, 0.1) is 0 Å². The summed E-state index contributed by atoms with van der Waals surface area (Å²) in [4.78, 5) is 4.97. The molecule has 2 atom stereocenters. The highest BCUT2D eigenvalue weighted by atomic mass is 16.5. The Morgan fingerprint density at radius 1 is 1.26 bits per heavy atom. The van der Waals surface area contributed by atoms with Crippen LogP contribution >= 0.6 is 0 Å². The minimum Gasteiger partial charge on any atom is -0.494 e. The number of piperidine rings is 1. The maximum atomic E-state index is 10.8. The Balaban J connectivity index is 1.65. The Morgan fingerprint density at radius 3 is 2.78 bits per heavy atom. The lowest BCUT2D eigenvalue weighted by molar-refractivity contribution is -0.0776. The summed E-state index contributed by atoms with van der Waals surface area (Å²) in [5.41, 5.74) is 0.728. The quantitative estimate of drug-likeness (QED) is 0.905. The first-order valence-corrected chi connectivity index (χ1v) is 8.99. The third-order valence-electron chi connectivity index (χ3n) is 5.28. The van der Waals surface area contributed by atoms with Gasteiger partial charge in [0.1, 0.15) is 5.75 Å². The van der Waals surface area contributed by atoms with Crippen molar-refractivity contribution in [3.05, 3.63) is 29.8 Å². The van der Waals surface area contributed by atoms with Gasteiger partial charge < -0.3 is 9.84 Å². The molecule has 1 aromatic carbocycles. The SMILES string of the molecule is CCOc1cccc(CN2CC[C@@](C)(O)[C@H](N3CCCC3)C2)c1. The van der Waals surface area contributed by atoms with E-state index in [1.807, 2.05) is 19.9 Å². The Morgan fingerprint density at radius 2 is 2.04 bits per heavy atom. The Kier molecular flexibility index (Phi) is 5.24. The van der Waals surface area contributed by atoms with E-state index in [-0.39, 0.29) is 6.04 Å². The number of hydrogen-bond acceptors (Lipinski definition) is 4. The third-order valence-corrected chi connectivity index (χ3v) is 5.28. The molecule has 0 bridgehead atoms. The number of rotatable bonds is 5. The highest BCUT2D eigenvalue weighted by Gasteiger charge is 2.41. The van der Waals surface area contributed by atoms with Crippen molar-refractivity contribution in [2.75, 3.05) is 32.8 Å². The molecule has 0 saturated carbocycles. The van der Waals surface area contributed by atoms with Crippen molar-refractivity contribution in [2.24, 2.45) is 0 Å². The second-order valence-corrected chi connectivity index (χ2v) is 7.18. The topological polar surface area (TPSA) is 35.9 Å². The lowest BCUT2D eigenvalue weighted by Gasteiger charge is -2.46. The fourth-order valence-corrected chi connectivity index (χ4v) is 3.95. The summed E-state index contributed by atoms with van der Waals surface area (Å²) >= 11 is 0. The second kappa shape index (κ2) is 7.20. The molecule has 0 spiro atoms. The van der Waals surface area contributed by atoms with Crippen LogP contribution in [0.25, 0.3) is 0 Å². The predicted molar refractivity (Wildman–Crippen MR) is 92.7 cm³/mol. The van der Waals surface area contributed by atoms with Crippen LogP contribution in [0.5, 0.6) is 5.75 Å². The lowest BCUT2D eigenvalue weighted by atomic mass is 9.87. The second-order valence-electron chi connectivity index (χ2n) is 7.18. The monoisotopic (exact) mass is 318 g/mol. The number of benzene rings is 1. The molecule has 3 rings (SSSR count). The first kappa shape index (κ1) is 16.7. The molecule has 2 aliphatic heterocycles. The molecule has 23 heavy (non-hydrogen) atoms. The van der Waals surface area contributed by atoms with Gasteiger partial charge in [-0.1, -0.05) is 12.1 Å². The highest BCUT2D eigenvalue weighted by molar-refractivity contribution is 5.28. The molecule has 128 valence electrons. The van der Waals surface area contributed by atoms with E-state index in [0.29, 0.717) is 6.61 Å². The van der Waals surface area contributed by atoms with Gasteiger partial charge in [-0.05, 0) is 63.9 Å². The Bertz CT molecular complexity index is 512. The number of hydrogen-bond donors (Lipinski definition) is 1. The van der Waals surface area contributed by atoms with E-state index in [2.05, 4.69) is 28.0 Å². The van der Waals surface area contributed by atoms with Gasteiger partial charge in [0.15, 0.2) is 0 Å². The van der Waals surface area contributed by atoms with Gasteiger partial charge in [0, 0.05) is 19.6 Å². The van der Waals surface area contributed by atoms with Crippen molar-refractivity contribution in [1.29, 1.82) is 0 Å². The van der Waals surface area contributed by atoms with E-state index >= 15 is 0 Å². The normalized spacial score (nSPS) is 29.8. The summed E-state index contributed by atoms with van der Waals surface area (Å²) in [5, 5.41) is 10.8. The molecular formula is C19H30N2O2. The van der Waals surface area contributed by atoms with Gasteiger partial charge in [-0.25, -0.2) is 0 Å². The van der Waals surface area contributed by atoms with E-state index in [1.165, 1.54) is 18.4 Å². The summed E-state index contributed by atoms with van der Waals surface area (Å²) in [6.45, 7) is 9.84. The largest absolute Gasteiger partial charge is 0.494 e. The molecule has 4 nitrogen and oxygen atoms in total. The van der Waals surface area contributed by atoms with E-state index in [9.17, 15) is 5.11 Å². The zero-order chi connectivity index (χ0) is 16.3. The first-order chi connectivity index (χ1) is 11.1. The standard InChI is InChI=1S/C19H30N2O2/c1-3-23-17-8-6-7-16(13-17)14-20-12-9-19(2,22)18(15-20)21-10-4-5-11-21/h6-8,13,18,22H,3-5,9-12,14-15H2,1-2H3/t18-,19-/m1/s1. The molecular weight excluding hydrogens is 288 g/mol. The minimum absolute atomic E-state index is 0.258. The van der Waals surface area contributed by atoms with Gasteiger partial charge in [0.05, 0.1) is 18.2 Å². The zero-order valence-electron chi connectivity index (χ0n) is 14.5. The molecule has 0 aliphatic carbocycles. The van der Waals surface area contributed by atoms with Gasteiger partial charge in [0.2, 0.25) is 0 Å². The molecule has 0 unspecified atom stereocenters. The summed E-state index contributed by atoms with van der Waals surface area (Å²) in [7, 11) is 0. The van der Waals surface area contributed by atoms with Crippen LogP contribution in [0.1, 0.15) is 38.7 Å². The fourth-order valence-electron chi connectivity index (χ4n) is 3.95. The Labute approximate surface area is 140 Å². The number of aliphatic hydroxyl groups is 1. The van der Waals surface area contributed by atoms with Crippen molar-refractivity contribution < 1.29 is 9.84 Å². The third kappa shape index (κ3) is 4.06. The van der Waals surface area contributed by atoms with Crippen molar-refractivity contribution in [1.82, 2.24) is 9.80 Å². The molecule has 1 aromatic rings. The van der Waals surface area contributed by atoms with Crippen LogP contribution in [0.15, 0.2) is 24.3 Å². The summed E-state index contributed by atoms with van der Waals surface area (Å²) in [5.74, 6) is 0.949. The van der Waals surface area contributed by atoms with Crippen LogP contribution in [-0.4, -0.2) is 59.3 Å². The van der Waals surface area contributed by atoms with Crippen molar-refractivity contribution in [2.45, 2.75) is 51.3 Å².